The summed E-state index contributed by atoms with van der Waals surface area (Å²) in [5.41, 5.74) is 7.63. The van der Waals surface area contributed by atoms with Crippen molar-refractivity contribution >= 4 is 105 Å². The molecule has 4 aromatic heterocycles. The van der Waals surface area contributed by atoms with Gasteiger partial charge in [-0.05, 0) is 172 Å². The molecule has 16 N–H and O–H groups in total. The average Bonchev–Trinajstić information content (AvgIpc) is 1.61. The van der Waals surface area contributed by atoms with E-state index >= 15 is 24.0 Å². The van der Waals surface area contributed by atoms with E-state index in [0.717, 1.165) is 10.8 Å². The minimum absolute atomic E-state index is 0.000837. The molecule has 14 amide bonds. The number of benzene rings is 3. The van der Waals surface area contributed by atoms with Gasteiger partial charge in [-0.2, -0.15) is 0 Å². The molecule has 3 aromatic carbocycles. The van der Waals surface area contributed by atoms with Crippen molar-refractivity contribution in [3.8, 4) is 0 Å². The Hall–Kier alpha value is -12.7. The number of primary amides is 1. The van der Waals surface area contributed by atoms with Crippen LogP contribution in [-0.4, -0.2) is 212 Å². The van der Waals surface area contributed by atoms with Crippen LogP contribution in [0, 0.1) is 5.92 Å². The number of aliphatic hydroxyl groups excluding tert-OH is 1. The molecule has 1 aliphatic rings. The smallest absolute Gasteiger partial charge is 0.270 e. The second-order valence-electron chi connectivity index (χ2n) is 31.4. The van der Waals surface area contributed by atoms with Crippen LogP contribution < -0.4 is 74.9 Å². The van der Waals surface area contributed by atoms with Gasteiger partial charge in [0.1, 0.15) is 77.8 Å². The van der Waals surface area contributed by atoms with Crippen molar-refractivity contribution < 1.29 is 72.2 Å². The summed E-state index contributed by atoms with van der Waals surface area (Å²) in [6.45, 7) is 9.88. The number of nitrogens with zero attached hydrogens (tertiary/aromatic N) is 5. The van der Waals surface area contributed by atoms with Crippen LogP contribution in [0.4, 0.5) is 0 Å². The molecule has 1 aliphatic heterocycles. The highest BCUT2D eigenvalue weighted by atomic mass is 35.5. The van der Waals surface area contributed by atoms with Gasteiger partial charge >= 0.3 is 0 Å². The van der Waals surface area contributed by atoms with Crippen LogP contribution >= 0.6 is 11.6 Å². The third kappa shape index (κ3) is 31.6. The molecule has 0 unspecified atom stereocenters. The Morgan fingerprint density at radius 2 is 0.968 bits per heavy atom. The number of rotatable bonds is 49. The number of carbonyl (C=O) groups is 14. The van der Waals surface area contributed by atoms with Crippen molar-refractivity contribution in [3.63, 3.8) is 0 Å². The number of aliphatic hydroxyl groups is 1. The van der Waals surface area contributed by atoms with Gasteiger partial charge in [-0.25, -0.2) is 0 Å². The molecule has 34 nitrogen and oxygen atoms in total. The minimum atomic E-state index is -1.89. The molecule has 8 rings (SSSR count). The number of nitrogens with one attached hydrogen (secondary N) is 13. The number of nitrogens with two attached hydrogens (primary N) is 1. The summed E-state index contributed by atoms with van der Waals surface area (Å²) in [6.07, 6.45) is 10.2. The number of unbranched alkanes of at least 4 members (excludes halogenated alkanes) is 3. The molecular weight excluding hydrogens is 1610 g/mol. The number of aromatic nitrogens is 4. The van der Waals surface area contributed by atoms with Gasteiger partial charge in [0.05, 0.1) is 6.61 Å². The Labute approximate surface area is 725 Å². The van der Waals surface area contributed by atoms with E-state index in [1.165, 1.54) is 68.1 Å². The zero-order chi connectivity index (χ0) is 89.6. The predicted octanol–water partition coefficient (Wildman–Crippen LogP) is 3.25. The summed E-state index contributed by atoms with van der Waals surface area (Å²) in [6, 6.07) is 20.5. The Balaban J connectivity index is 1.08. The Bertz CT molecular complexity index is 4730. The van der Waals surface area contributed by atoms with Gasteiger partial charge in [0, 0.05) is 99.6 Å². The van der Waals surface area contributed by atoms with Gasteiger partial charge in [0.2, 0.25) is 70.9 Å². The quantitative estimate of drug-likeness (QED) is 0.0243. The number of likely N-dealkylation sites (tertiary alicyclic amines) is 1. The molecule has 11 atom stereocenters. The zero-order valence-corrected chi connectivity index (χ0v) is 71.3. The Morgan fingerprint density at radius 3 is 1.53 bits per heavy atom. The number of halogens is 1. The van der Waals surface area contributed by atoms with Crippen LogP contribution in [0.5, 0.6) is 0 Å². The van der Waals surface area contributed by atoms with Gasteiger partial charge in [0.15, 0.2) is 0 Å². The second kappa shape index (κ2) is 50.0. The first-order valence-corrected chi connectivity index (χ1v) is 42.3. The topological polar surface area (TPSA) is 496 Å². The maximum atomic E-state index is 15.4. The van der Waals surface area contributed by atoms with E-state index in [9.17, 15) is 48.3 Å². The van der Waals surface area contributed by atoms with Crippen LogP contribution in [-0.2, 0) is 76.8 Å². The highest BCUT2D eigenvalue weighted by Gasteiger charge is 2.41. The van der Waals surface area contributed by atoms with Crippen LogP contribution in [0.1, 0.15) is 168 Å². The Kier molecular flexibility index (Phi) is 39.0. The van der Waals surface area contributed by atoms with Crippen molar-refractivity contribution in [2.24, 2.45) is 11.7 Å². The van der Waals surface area contributed by atoms with E-state index in [4.69, 9.17) is 17.3 Å². The molecule has 1 saturated heterocycles. The number of carbonyl (C=O) groups excluding carboxylic acids is 14. The molecular formula is C89H114ClN19O15. The van der Waals surface area contributed by atoms with Crippen molar-refractivity contribution in [2.45, 2.75) is 210 Å². The van der Waals surface area contributed by atoms with Gasteiger partial charge < -0.3 is 84.9 Å². The fourth-order valence-corrected chi connectivity index (χ4v) is 14.2. The van der Waals surface area contributed by atoms with Crippen molar-refractivity contribution in [3.05, 3.63) is 203 Å². The highest BCUT2D eigenvalue weighted by molar-refractivity contribution is 6.30. The predicted molar refractivity (Wildman–Crippen MR) is 463 cm³/mol. The molecule has 0 saturated carbocycles. The first kappa shape index (κ1) is 96.8. The van der Waals surface area contributed by atoms with E-state index in [-0.39, 0.29) is 120 Å². The lowest BCUT2D eigenvalue weighted by Gasteiger charge is -2.31. The summed E-state index contributed by atoms with van der Waals surface area (Å²) in [7, 11) is 0. The standard InChI is InChI=1S/C89H114ClN19O15/c1-54(2)46-70(82(117)103-69(30-13-14-40-94-55(3)4)89(124)109-45-21-31-75(109)87(122)99-56(5)77(91)112)104-81(116)68(29-11-17-43-97-78(113)65-26-9-15-41-95-65)101-80(115)67(28-12-18-44-98-88(123)76(63-25-20-39-93-52-63)108-79(114)66-27-10-16-42-96-66)102-86(121)74(53-110)107-85(120)73(50-60-22-19-38-92-51-60)106-84(119)72(48-58-33-36-64(90)37-34-58)105-83(118)71(100-57(6)111)49-59-32-35-61-23-7-8-24-62(61)47-59/h7-10,15-16,19-20,22-27,32-39,41-42,47,51-52,54-56,67-76,94,110H,11-14,17-18,21,28-31,40,43-46,48-50,53H2,1-6H3,(H2,91,112)(H,97,113)(H,98,123)(H,99,122)(H,100,111)(H,101,115)(H,102,121)(H,103,117)(H,104,116)(H,105,118)(H,106,119)(H,107,120)(H,108,114)/t56-,67+,68-,69+,70+,71-,72-,73-,74+,75+,76+/m1/s1. The number of hydrogen-bond acceptors (Lipinski definition) is 20. The lowest BCUT2D eigenvalue weighted by molar-refractivity contribution is -0.142. The summed E-state index contributed by atoms with van der Waals surface area (Å²) in [5.74, 6) is -11.0. The molecule has 7 aromatic rings. The number of fused-ring (bicyclic) bond motifs is 1. The number of pyridine rings is 4. The van der Waals surface area contributed by atoms with Crippen LogP contribution in [0.2, 0.25) is 5.02 Å². The Morgan fingerprint density at radius 1 is 0.468 bits per heavy atom. The molecule has 5 heterocycles. The minimum Gasteiger partial charge on any atom is -0.394 e. The lowest BCUT2D eigenvalue weighted by atomic mass is 9.99. The van der Waals surface area contributed by atoms with Crippen LogP contribution in [0.15, 0.2) is 165 Å². The molecule has 662 valence electrons. The fourth-order valence-electron chi connectivity index (χ4n) is 14.0. The lowest BCUT2D eigenvalue weighted by Crippen LogP contribution is -2.61. The molecule has 0 bridgehead atoms. The normalized spacial score (nSPS) is 14.8. The molecule has 0 aliphatic carbocycles. The molecule has 35 heteroatoms. The zero-order valence-electron chi connectivity index (χ0n) is 70.6. The largest absolute Gasteiger partial charge is 0.394 e. The van der Waals surface area contributed by atoms with Crippen LogP contribution in [0.3, 0.4) is 0 Å². The monoisotopic (exact) mass is 1720 g/mol. The highest BCUT2D eigenvalue weighted by Crippen LogP contribution is 2.23. The van der Waals surface area contributed by atoms with Gasteiger partial charge in [-0.15, -0.1) is 0 Å². The van der Waals surface area contributed by atoms with E-state index in [1.54, 1.807) is 86.6 Å². The maximum Gasteiger partial charge on any atom is 0.270 e. The van der Waals surface area contributed by atoms with Gasteiger partial charge in [0.25, 0.3) is 11.8 Å². The molecule has 0 spiro atoms. The third-order valence-electron chi connectivity index (χ3n) is 20.6. The maximum absolute atomic E-state index is 15.4. The summed E-state index contributed by atoms with van der Waals surface area (Å²) >= 11 is 6.29. The van der Waals surface area contributed by atoms with E-state index < -0.39 is 156 Å². The first-order chi connectivity index (χ1) is 59.5. The molecule has 1 fully saturated rings. The van der Waals surface area contributed by atoms with E-state index in [1.807, 2.05) is 56.3 Å². The fraction of sp³-hybridized carbons (Fsp3) is 0.438. The SMILES string of the molecule is CC(=O)N[C@H](Cc1ccc2ccccc2c1)C(=O)N[C@H](Cc1ccc(Cl)cc1)C(=O)N[C@H](Cc1cccnc1)C(=O)N[C@@H](CO)C(=O)N[C@@H](CCCCNC(=O)[C@@H](NC(=O)c1ccccn1)c1cccnc1)C(=O)N[C@H](CCCCNC(=O)c1ccccn1)C(=O)N[C@@H](CC(C)C)C(=O)N[C@@H](CCCCNC(C)C)C(=O)N1CCC[C@H]1C(=O)N[C@H](C)C(N)=O. The second-order valence-corrected chi connectivity index (χ2v) is 31.8. The van der Waals surface area contributed by atoms with E-state index in [0.29, 0.717) is 53.1 Å². The van der Waals surface area contributed by atoms with Gasteiger partial charge in [-0.3, -0.25) is 87.1 Å². The summed E-state index contributed by atoms with van der Waals surface area (Å²) in [4.78, 5) is 217. The first-order valence-electron chi connectivity index (χ1n) is 41.9. The molecule has 124 heavy (non-hydrogen) atoms. The van der Waals surface area contributed by atoms with Crippen molar-refractivity contribution in [1.82, 2.24) is 94.0 Å². The van der Waals surface area contributed by atoms with Crippen LogP contribution in [0.25, 0.3) is 10.8 Å². The van der Waals surface area contributed by atoms with E-state index in [2.05, 4.69) is 89.1 Å². The van der Waals surface area contributed by atoms with Crippen molar-refractivity contribution in [2.75, 3.05) is 32.8 Å². The number of hydrogen-bond donors (Lipinski definition) is 15. The van der Waals surface area contributed by atoms with Gasteiger partial charge in [-0.1, -0.05) is 118 Å². The molecule has 0 radical (unpaired) electrons. The van der Waals surface area contributed by atoms with Crippen molar-refractivity contribution in [1.29, 1.82) is 0 Å². The third-order valence-corrected chi connectivity index (χ3v) is 20.9. The number of amides is 14. The summed E-state index contributed by atoms with van der Waals surface area (Å²) in [5, 5.41) is 49.5. The summed E-state index contributed by atoms with van der Waals surface area (Å²) < 4.78 is 0. The average molecular weight is 1730 g/mol.